The van der Waals surface area contributed by atoms with Gasteiger partial charge in [0.15, 0.2) is 0 Å². The molecule has 0 aliphatic carbocycles. The highest BCUT2D eigenvalue weighted by Gasteiger charge is 2.37. The Labute approximate surface area is 613 Å². The van der Waals surface area contributed by atoms with Crippen molar-refractivity contribution in [1.82, 2.24) is 0 Å². The fourth-order valence-electron chi connectivity index (χ4n) is 14.9. The molecule has 0 fully saturated rings. The standard InChI is InChI=1S/C94H110O9/c1-55(2)73-43-56(21-31-79(73)95)37-64-51-71(52-65(86(64)102)40-59-24-34-82(98)76(46-59)90(9,10)11)94(20,72-53-66(41-60-25-35-83(99)77(47-60)91(12,13)14)87(103)67(54-72)42-61-26-36-84(100)78(48-61)92(15,16)17)69-29-27-68(28-30-69)93(18,19)70-49-62(38-57-22-32-80(96)74(44-57)88(3,4)5)85(101)63(50-70)39-58-23-33-81(97)75(45-58)89(6,7)8/h21-36,43-55,95-103H,37-42H2,1-20H3. The van der Waals surface area contributed by atoms with E-state index in [2.05, 4.69) is 199 Å². The average Bonchev–Trinajstić information content (AvgIpc) is 0.737. The van der Waals surface area contributed by atoms with Crippen molar-refractivity contribution in [3.8, 4) is 51.7 Å². The third-order valence-corrected chi connectivity index (χ3v) is 21.3. The third-order valence-electron chi connectivity index (χ3n) is 21.3. The number of hydrogen-bond donors (Lipinski definition) is 9. The van der Waals surface area contributed by atoms with Crippen LogP contribution >= 0.6 is 0 Å². The third kappa shape index (κ3) is 16.4. The van der Waals surface area contributed by atoms with Crippen LogP contribution in [0, 0.1) is 0 Å². The van der Waals surface area contributed by atoms with Crippen LogP contribution in [0.1, 0.15) is 272 Å². The van der Waals surface area contributed by atoms with Gasteiger partial charge in [-0.3, -0.25) is 0 Å². The minimum atomic E-state index is -1.07. The Morgan fingerprint density at radius 1 is 0.233 bits per heavy atom. The van der Waals surface area contributed by atoms with Crippen LogP contribution in [0.3, 0.4) is 0 Å². The van der Waals surface area contributed by atoms with Gasteiger partial charge < -0.3 is 46.0 Å². The summed E-state index contributed by atoms with van der Waals surface area (Å²) in [5.74, 6) is 1.73. The first-order chi connectivity index (χ1) is 47.8. The zero-order chi connectivity index (χ0) is 75.6. The van der Waals surface area contributed by atoms with E-state index in [1.807, 2.05) is 72.8 Å². The van der Waals surface area contributed by atoms with Gasteiger partial charge in [0.2, 0.25) is 0 Å². The maximum absolute atomic E-state index is 13.0. The molecule has 9 N–H and O–H groups in total. The first kappa shape index (κ1) is 76.0. The molecular formula is C94H110O9. The van der Waals surface area contributed by atoms with Crippen LogP contribution < -0.4 is 0 Å². The number of phenolic OH excluding ortho intramolecular Hbond substituents is 9. The summed E-state index contributed by atoms with van der Waals surface area (Å²) >= 11 is 0. The molecule has 0 spiro atoms. The summed E-state index contributed by atoms with van der Waals surface area (Å²) < 4.78 is 0. The number of hydrogen-bond acceptors (Lipinski definition) is 9. The Bertz CT molecular complexity index is 4640. The molecule has 9 nitrogen and oxygen atoms in total. The molecule has 0 heterocycles. The lowest BCUT2D eigenvalue weighted by atomic mass is 9.68. The van der Waals surface area contributed by atoms with Crippen molar-refractivity contribution in [2.75, 3.05) is 0 Å². The molecule has 9 heteroatoms. The maximum atomic E-state index is 13.0. The quantitative estimate of drug-likeness (QED) is 0.0378. The van der Waals surface area contributed by atoms with Gasteiger partial charge in [-0.05, 0) is 204 Å². The Kier molecular flexibility index (Phi) is 20.8. The zero-order valence-electron chi connectivity index (χ0n) is 64.5. The first-order valence-corrected chi connectivity index (χ1v) is 36.4. The van der Waals surface area contributed by atoms with Crippen LogP contribution in [0.15, 0.2) is 170 Å². The van der Waals surface area contributed by atoms with Gasteiger partial charge in [-0.1, -0.05) is 265 Å². The van der Waals surface area contributed by atoms with Crippen molar-refractivity contribution in [1.29, 1.82) is 0 Å². The van der Waals surface area contributed by atoms with Gasteiger partial charge in [-0.25, -0.2) is 0 Å². The normalized spacial score (nSPS) is 13.2. The Balaban J connectivity index is 1.23. The molecule has 0 saturated heterocycles. The Morgan fingerprint density at radius 3 is 0.680 bits per heavy atom. The van der Waals surface area contributed by atoms with Crippen molar-refractivity contribution in [2.45, 2.75) is 221 Å². The SMILES string of the molecule is CC(C)c1cc(Cc2cc(C(C)(c3ccc(C(C)(C)c4cc(Cc5ccc(O)c(C(C)(C)C)c5)c(O)c(Cc5ccc(O)c(C(C)(C)C)c5)c4)cc3)c3cc(Cc4ccc(O)c(C(C)(C)C)c4)c(O)c(Cc4ccc(O)c(C(C)(C)C)c4)c3)cc(Cc3ccc(O)c(C(C)(C)C)c3)c2O)ccc1O. The van der Waals surface area contributed by atoms with E-state index in [1.165, 1.54) is 0 Å². The summed E-state index contributed by atoms with van der Waals surface area (Å²) in [4.78, 5) is 0. The predicted molar refractivity (Wildman–Crippen MR) is 422 cm³/mol. The molecule has 0 bridgehead atoms. The molecule has 0 aliphatic rings. The number of aromatic hydroxyl groups is 9. The van der Waals surface area contributed by atoms with Gasteiger partial charge in [0.25, 0.3) is 0 Å². The van der Waals surface area contributed by atoms with E-state index in [-0.39, 0.29) is 73.9 Å². The van der Waals surface area contributed by atoms with Gasteiger partial charge >= 0.3 is 0 Å². The van der Waals surface area contributed by atoms with Crippen LogP contribution in [-0.2, 0) is 76.4 Å². The van der Waals surface area contributed by atoms with Gasteiger partial charge in [0, 0.05) is 49.4 Å². The van der Waals surface area contributed by atoms with E-state index in [4.69, 9.17) is 0 Å². The second-order valence-corrected chi connectivity index (χ2v) is 35.4. The molecule has 0 aromatic heterocycles. The van der Waals surface area contributed by atoms with E-state index < -0.39 is 21.7 Å². The van der Waals surface area contributed by atoms with Gasteiger partial charge in [-0.15, -0.1) is 0 Å². The molecule has 103 heavy (non-hydrogen) atoms. The molecule has 0 aliphatic heterocycles. The summed E-state index contributed by atoms with van der Waals surface area (Å²) in [6.45, 7) is 41.8. The van der Waals surface area contributed by atoms with Crippen molar-refractivity contribution in [3.05, 3.63) is 298 Å². The zero-order valence-corrected chi connectivity index (χ0v) is 64.5. The van der Waals surface area contributed by atoms with E-state index in [1.54, 1.807) is 36.4 Å². The Hall–Kier alpha value is -9.60. The number of benzene rings is 10. The highest BCUT2D eigenvalue weighted by molar-refractivity contribution is 5.62. The predicted octanol–water partition coefficient (Wildman–Crippen LogP) is 21.9. The van der Waals surface area contributed by atoms with E-state index in [9.17, 15) is 46.0 Å². The highest BCUT2D eigenvalue weighted by Crippen LogP contribution is 2.48. The second kappa shape index (κ2) is 28.2. The molecule has 0 saturated carbocycles. The topological polar surface area (TPSA) is 182 Å². The molecule has 540 valence electrons. The minimum Gasteiger partial charge on any atom is -0.508 e. The largest absolute Gasteiger partial charge is 0.508 e. The van der Waals surface area contributed by atoms with Crippen LogP contribution in [0.25, 0.3) is 0 Å². The van der Waals surface area contributed by atoms with Gasteiger partial charge in [0.1, 0.15) is 51.7 Å². The number of phenols is 9. The maximum Gasteiger partial charge on any atom is 0.122 e. The van der Waals surface area contributed by atoms with Crippen molar-refractivity contribution in [2.24, 2.45) is 0 Å². The fraction of sp³-hybridized carbons (Fsp3) is 0.362. The van der Waals surface area contributed by atoms with Crippen molar-refractivity contribution in [3.63, 3.8) is 0 Å². The highest BCUT2D eigenvalue weighted by atomic mass is 16.3. The molecule has 10 rings (SSSR count). The molecule has 1 atom stereocenters. The Morgan fingerprint density at radius 2 is 0.447 bits per heavy atom. The lowest BCUT2D eigenvalue weighted by Gasteiger charge is -2.35. The van der Waals surface area contributed by atoms with Crippen LogP contribution in [-0.4, -0.2) is 46.0 Å². The van der Waals surface area contributed by atoms with E-state index >= 15 is 0 Å². The van der Waals surface area contributed by atoms with Crippen LogP contribution in [0.2, 0.25) is 0 Å². The summed E-state index contributed by atoms with van der Waals surface area (Å²) in [6.07, 6.45) is 2.06. The minimum absolute atomic E-state index is 0.0253. The van der Waals surface area contributed by atoms with E-state index in [0.717, 1.165) is 106 Å². The second-order valence-electron chi connectivity index (χ2n) is 35.4. The summed E-state index contributed by atoms with van der Waals surface area (Å²) in [5, 5.41) is 106. The molecule has 0 radical (unpaired) electrons. The molecular weight excluding hydrogens is 1270 g/mol. The molecule has 0 amide bonds. The molecule has 1 unspecified atom stereocenters. The fourth-order valence-corrected chi connectivity index (χ4v) is 14.9. The van der Waals surface area contributed by atoms with Gasteiger partial charge in [0.05, 0.1) is 0 Å². The lowest BCUT2D eigenvalue weighted by Crippen LogP contribution is -2.27. The van der Waals surface area contributed by atoms with Crippen LogP contribution in [0.5, 0.6) is 51.7 Å². The number of rotatable bonds is 18. The van der Waals surface area contributed by atoms with E-state index in [0.29, 0.717) is 60.8 Å². The van der Waals surface area contributed by atoms with Crippen molar-refractivity contribution < 1.29 is 46.0 Å². The van der Waals surface area contributed by atoms with Crippen molar-refractivity contribution >= 4 is 0 Å². The summed E-state index contributed by atoms with van der Waals surface area (Å²) in [5.41, 5.74) is 15.5. The molecule has 10 aromatic rings. The monoisotopic (exact) mass is 1380 g/mol. The summed E-state index contributed by atoms with van der Waals surface area (Å²) in [6, 6.07) is 55.6. The van der Waals surface area contributed by atoms with Crippen LogP contribution in [0.4, 0.5) is 0 Å². The lowest BCUT2D eigenvalue weighted by molar-refractivity contribution is 0.445. The average molecular weight is 1380 g/mol. The van der Waals surface area contributed by atoms with Gasteiger partial charge in [-0.2, -0.15) is 0 Å². The first-order valence-electron chi connectivity index (χ1n) is 36.4. The smallest absolute Gasteiger partial charge is 0.122 e. The summed E-state index contributed by atoms with van der Waals surface area (Å²) in [7, 11) is 0. The molecule has 10 aromatic carbocycles.